The van der Waals surface area contributed by atoms with Crippen LogP contribution in [-0.4, -0.2) is 60.0 Å². The van der Waals surface area contributed by atoms with E-state index in [2.05, 4.69) is 11.9 Å². The molecule has 0 saturated carbocycles. The summed E-state index contributed by atoms with van der Waals surface area (Å²) in [6.07, 6.45) is 2.81. The van der Waals surface area contributed by atoms with E-state index in [0.29, 0.717) is 39.0 Å². The van der Waals surface area contributed by atoms with Gasteiger partial charge in [0.2, 0.25) is 11.8 Å². The molecule has 2 fully saturated rings. The van der Waals surface area contributed by atoms with Crippen molar-refractivity contribution in [2.75, 3.05) is 26.2 Å². The van der Waals surface area contributed by atoms with Crippen LogP contribution in [0.3, 0.4) is 0 Å². The molecular formula is C21H27N3O4. The van der Waals surface area contributed by atoms with Crippen molar-refractivity contribution in [2.45, 2.75) is 31.8 Å². The second-order valence-electron chi connectivity index (χ2n) is 7.30. The molecule has 0 aromatic heterocycles. The fourth-order valence-corrected chi connectivity index (χ4v) is 3.65. The Morgan fingerprint density at radius 1 is 1.21 bits per heavy atom. The predicted molar refractivity (Wildman–Crippen MR) is 104 cm³/mol. The second-order valence-corrected chi connectivity index (χ2v) is 7.30. The first-order valence-electron chi connectivity index (χ1n) is 9.71. The second kappa shape index (κ2) is 9.39. The van der Waals surface area contributed by atoms with Gasteiger partial charge in [-0.3, -0.25) is 9.59 Å². The van der Waals surface area contributed by atoms with Crippen LogP contribution in [0.25, 0.3) is 0 Å². The minimum atomic E-state index is -0.345. The molecule has 1 atom stereocenters. The van der Waals surface area contributed by atoms with Crippen molar-refractivity contribution in [3.8, 4) is 0 Å². The first kappa shape index (κ1) is 19.9. The SMILES string of the molecule is C=CCOC(=O)N1CCC(NC(=O)C2CC(=O)N(Cc3ccccc3)C2)CC1. The van der Waals surface area contributed by atoms with Crippen LogP contribution in [0.1, 0.15) is 24.8 Å². The van der Waals surface area contributed by atoms with Gasteiger partial charge in [-0.1, -0.05) is 43.0 Å². The molecule has 0 aliphatic carbocycles. The highest BCUT2D eigenvalue weighted by atomic mass is 16.6. The summed E-state index contributed by atoms with van der Waals surface area (Å²) in [4.78, 5) is 40.1. The first-order valence-corrected chi connectivity index (χ1v) is 9.71. The molecule has 150 valence electrons. The van der Waals surface area contributed by atoms with Gasteiger partial charge in [-0.15, -0.1) is 0 Å². The zero-order valence-corrected chi connectivity index (χ0v) is 16.0. The summed E-state index contributed by atoms with van der Waals surface area (Å²) in [7, 11) is 0. The number of ether oxygens (including phenoxy) is 1. The van der Waals surface area contributed by atoms with Crippen LogP contribution >= 0.6 is 0 Å². The Bertz CT molecular complexity index is 714. The summed E-state index contributed by atoms with van der Waals surface area (Å²) < 4.78 is 5.04. The van der Waals surface area contributed by atoms with Gasteiger partial charge in [0.15, 0.2) is 0 Å². The van der Waals surface area contributed by atoms with Gasteiger partial charge in [0, 0.05) is 38.6 Å². The van der Waals surface area contributed by atoms with Crippen molar-refractivity contribution in [1.82, 2.24) is 15.1 Å². The maximum Gasteiger partial charge on any atom is 0.410 e. The number of amides is 3. The topological polar surface area (TPSA) is 79.0 Å². The summed E-state index contributed by atoms with van der Waals surface area (Å²) in [5.41, 5.74) is 1.06. The maximum absolute atomic E-state index is 12.6. The van der Waals surface area contributed by atoms with E-state index in [1.165, 1.54) is 6.08 Å². The van der Waals surface area contributed by atoms with Crippen molar-refractivity contribution in [2.24, 2.45) is 5.92 Å². The first-order chi connectivity index (χ1) is 13.6. The van der Waals surface area contributed by atoms with Crippen molar-refractivity contribution in [1.29, 1.82) is 0 Å². The molecule has 3 rings (SSSR count). The van der Waals surface area contributed by atoms with Gasteiger partial charge in [0.25, 0.3) is 0 Å². The van der Waals surface area contributed by atoms with Crippen LogP contribution in [0.15, 0.2) is 43.0 Å². The number of likely N-dealkylation sites (tertiary alicyclic amines) is 2. The van der Waals surface area contributed by atoms with E-state index in [9.17, 15) is 14.4 Å². The number of carbonyl (C=O) groups excluding carboxylic acids is 3. The number of piperidine rings is 1. The molecule has 1 aromatic rings. The Morgan fingerprint density at radius 2 is 1.93 bits per heavy atom. The molecule has 7 heteroatoms. The van der Waals surface area contributed by atoms with Crippen LogP contribution in [0.4, 0.5) is 4.79 Å². The molecule has 2 aliphatic heterocycles. The lowest BCUT2D eigenvalue weighted by atomic mass is 10.0. The highest BCUT2D eigenvalue weighted by molar-refractivity contribution is 5.89. The molecule has 2 heterocycles. The van der Waals surface area contributed by atoms with Crippen LogP contribution in [0, 0.1) is 5.92 Å². The van der Waals surface area contributed by atoms with E-state index in [-0.39, 0.29) is 42.9 Å². The highest BCUT2D eigenvalue weighted by Gasteiger charge is 2.35. The fourth-order valence-electron chi connectivity index (χ4n) is 3.65. The van der Waals surface area contributed by atoms with Crippen LogP contribution < -0.4 is 5.32 Å². The third-order valence-electron chi connectivity index (χ3n) is 5.23. The van der Waals surface area contributed by atoms with Gasteiger partial charge in [-0.05, 0) is 18.4 Å². The Hall–Kier alpha value is -2.83. The Labute approximate surface area is 165 Å². The zero-order valence-electron chi connectivity index (χ0n) is 16.0. The number of rotatable bonds is 6. The lowest BCUT2D eigenvalue weighted by molar-refractivity contribution is -0.129. The van der Waals surface area contributed by atoms with E-state index in [1.54, 1.807) is 9.80 Å². The molecule has 1 aromatic carbocycles. The standard InChI is InChI=1S/C21H27N3O4/c1-2-12-28-21(27)23-10-8-18(9-11-23)22-20(26)17-13-19(25)24(15-17)14-16-6-4-3-5-7-16/h2-7,17-18H,1,8-15H2,(H,22,26). The number of nitrogens with zero attached hydrogens (tertiary/aromatic N) is 2. The van der Waals surface area contributed by atoms with Gasteiger partial charge >= 0.3 is 6.09 Å². The Balaban J connectivity index is 1.44. The lowest BCUT2D eigenvalue weighted by Crippen LogP contribution is -2.48. The molecular weight excluding hydrogens is 358 g/mol. The quantitative estimate of drug-likeness (QED) is 0.759. The molecule has 1 N–H and O–H groups in total. The van der Waals surface area contributed by atoms with Crippen LogP contribution in [0.2, 0.25) is 0 Å². The summed E-state index contributed by atoms with van der Waals surface area (Å²) in [6.45, 7) is 5.80. The van der Waals surface area contributed by atoms with E-state index >= 15 is 0 Å². The number of benzene rings is 1. The minimum absolute atomic E-state index is 0.0174. The van der Waals surface area contributed by atoms with E-state index in [1.807, 2.05) is 30.3 Å². The number of hydrogen-bond donors (Lipinski definition) is 1. The van der Waals surface area contributed by atoms with Gasteiger partial charge in [0.1, 0.15) is 6.61 Å². The Kier molecular flexibility index (Phi) is 6.68. The van der Waals surface area contributed by atoms with Gasteiger partial charge < -0.3 is 19.9 Å². The molecule has 0 spiro atoms. The minimum Gasteiger partial charge on any atom is -0.445 e. The normalized spacial score (nSPS) is 20.1. The smallest absolute Gasteiger partial charge is 0.410 e. The van der Waals surface area contributed by atoms with E-state index < -0.39 is 0 Å². The average Bonchev–Trinajstić information content (AvgIpc) is 3.08. The van der Waals surface area contributed by atoms with Crippen LogP contribution in [-0.2, 0) is 20.9 Å². The third kappa shape index (κ3) is 5.12. The van der Waals surface area contributed by atoms with Crippen molar-refractivity contribution in [3.05, 3.63) is 48.6 Å². The average molecular weight is 385 g/mol. The largest absolute Gasteiger partial charge is 0.445 e. The van der Waals surface area contributed by atoms with Crippen molar-refractivity contribution in [3.63, 3.8) is 0 Å². The molecule has 1 unspecified atom stereocenters. The summed E-state index contributed by atoms with van der Waals surface area (Å²) in [5, 5.41) is 3.06. The third-order valence-corrected chi connectivity index (χ3v) is 5.23. The van der Waals surface area contributed by atoms with Crippen molar-refractivity contribution >= 4 is 17.9 Å². The van der Waals surface area contributed by atoms with Gasteiger partial charge in [-0.25, -0.2) is 4.79 Å². The monoisotopic (exact) mass is 385 g/mol. The highest BCUT2D eigenvalue weighted by Crippen LogP contribution is 2.21. The van der Waals surface area contributed by atoms with E-state index in [0.717, 1.165) is 5.56 Å². The lowest BCUT2D eigenvalue weighted by Gasteiger charge is -2.32. The summed E-state index contributed by atoms with van der Waals surface area (Å²) in [6, 6.07) is 9.81. The molecule has 0 bridgehead atoms. The summed E-state index contributed by atoms with van der Waals surface area (Å²) >= 11 is 0. The van der Waals surface area contributed by atoms with Crippen molar-refractivity contribution < 1.29 is 19.1 Å². The van der Waals surface area contributed by atoms with Crippen LogP contribution in [0.5, 0.6) is 0 Å². The molecule has 28 heavy (non-hydrogen) atoms. The zero-order chi connectivity index (χ0) is 19.9. The number of carbonyl (C=O) groups is 3. The molecule has 0 radical (unpaired) electrons. The predicted octanol–water partition coefficient (Wildman–Crippen LogP) is 1.94. The number of hydrogen-bond acceptors (Lipinski definition) is 4. The number of nitrogens with one attached hydrogen (secondary N) is 1. The van der Waals surface area contributed by atoms with E-state index in [4.69, 9.17) is 4.74 Å². The molecule has 3 amide bonds. The Morgan fingerprint density at radius 3 is 2.61 bits per heavy atom. The van der Waals surface area contributed by atoms with Gasteiger partial charge in [-0.2, -0.15) is 0 Å². The maximum atomic E-state index is 12.6. The molecule has 2 aliphatic rings. The van der Waals surface area contributed by atoms with Gasteiger partial charge in [0.05, 0.1) is 5.92 Å². The molecule has 7 nitrogen and oxygen atoms in total. The summed E-state index contributed by atoms with van der Waals surface area (Å²) in [5.74, 6) is -0.368. The molecule has 2 saturated heterocycles. The fraction of sp³-hybridized carbons (Fsp3) is 0.476.